The van der Waals surface area contributed by atoms with Crippen molar-refractivity contribution in [1.82, 2.24) is 9.97 Å². The molecule has 0 saturated heterocycles. The molecule has 0 unspecified atom stereocenters. The zero-order chi connectivity index (χ0) is 15.6. The van der Waals surface area contributed by atoms with Crippen LogP contribution in [0.3, 0.4) is 0 Å². The Morgan fingerprint density at radius 3 is 2.83 bits per heavy atom. The number of carbonyl (C=O) groups excluding carboxylic acids is 1. The number of aryl methyl sites for hydroxylation is 2. The fourth-order valence-electron chi connectivity index (χ4n) is 2.76. The predicted molar refractivity (Wildman–Crippen MR) is 88.6 cm³/mol. The standard InChI is InChI=1S/C17H15N3O2S/c21-16(20-17-19-12-8-4-5-9-13(12)23-17)14-15(22-10-18-14)11-6-2-1-3-7-11/h1-3,6-7,10H,4-5,8-9H2,(H,19,20,21). The first-order valence-electron chi connectivity index (χ1n) is 7.60. The van der Waals surface area contributed by atoms with Gasteiger partial charge in [-0.25, -0.2) is 9.97 Å². The summed E-state index contributed by atoms with van der Waals surface area (Å²) in [4.78, 5) is 22.4. The zero-order valence-corrected chi connectivity index (χ0v) is 13.2. The third-order valence-corrected chi connectivity index (χ3v) is 4.96. The number of rotatable bonds is 3. The first-order chi connectivity index (χ1) is 11.3. The number of nitrogens with zero attached hydrogens (tertiary/aromatic N) is 2. The lowest BCUT2D eigenvalue weighted by atomic mass is 10.0. The molecule has 5 nitrogen and oxygen atoms in total. The third-order valence-electron chi connectivity index (χ3n) is 3.88. The summed E-state index contributed by atoms with van der Waals surface area (Å²) in [6.07, 6.45) is 5.72. The van der Waals surface area contributed by atoms with Gasteiger partial charge in [0.1, 0.15) is 0 Å². The van der Waals surface area contributed by atoms with E-state index in [0.29, 0.717) is 10.9 Å². The van der Waals surface area contributed by atoms with E-state index in [1.54, 1.807) is 11.3 Å². The number of aromatic nitrogens is 2. The van der Waals surface area contributed by atoms with Crippen molar-refractivity contribution in [2.75, 3.05) is 5.32 Å². The maximum atomic E-state index is 12.5. The molecule has 4 rings (SSSR count). The molecular formula is C17H15N3O2S. The van der Waals surface area contributed by atoms with Crippen LogP contribution in [0.2, 0.25) is 0 Å². The Labute approximate surface area is 137 Å². The molecule has 0 saturated carbocycles. The minimum atomic E-state index is -0.288. The first kappa shape index (κ1) is 14.1. The van der Waals surface area contributed by atoms with Gasteiger partial charge in [0.15, 0.2) is 23.0 Å². The molecule has 23 heavy (non-hydrogen) atoms. The number of nitrogens with one attached hydrogen (secondary N) is 1. The molecule has 2 heterocycles. The molecule has 1 amide bonds. The van der Waals surface area contributed by atoms with Gasteiger partial charge in [-0.2, -0.15) is 0 Å². The second-order valence-electron chi connectivity index (χ2n) is 5.45. The highest BCUT2D eigenvalue weighted by molar-refractivity contribution is 7.15. The lowest BCUT2D eigenvalue weighted by Crippen LogP contribution is -2.13. The molecule has 1 aromatic carbocycles. The molecule has 1 N–H and O–H groups in total. The van der Waals surface area contributed by atoms with Gasteiger partial charge in [-0.1, -0.05) is 30.3 Å². The number of carbonyl (C=O) groups is 1. The van der Waals surface area contributed by atoms with E-state index < -0.39 is 0 Å². The first-order valence-corrected chi connectivity index (χ1v) is 8.42. The van der Waals surface area contributed by atoms with E-state index in [-0.39, 0.29) is 11.6 Å². The Hall–Kier alpha value is -2.47. The van der Waals surface area contributed by atoms with Crippen LogP contribution >= 0.6 is 11.3 Å². The van der Waals surface area contributed by atoms with Crippen molar-refractivity contribution in [2.45, 2.75) is 25.7 Å². The number of anilines is 1. The van der Waals surface area contributed by atoms with Crippen molar-refractivity contribution < 1.29 is 9.21 Å². The largest absolute Gasteiger partial charge is 0.443 e. The van der Waals surface area contributed by atoms with Crippen LogP contribution in [0.25, 0.3) is 11.3 Å². The molecule has 1 aliphatic carbocycles. The lowest BCUT2D eigenvalue weighted by molar-refractivity contribution is 0.102. The smallest absolute Gasteiger partial charge is 0.280 e. The van der Waals surface area contributed by atoms with Gasteiger partial charge >= 0.3 is 0 Å². The molecule has 6 heteroatoms. The van der Waals surface area contributed by atoms with E-state index in [1.807, 2.05) is 30.3 Å². The van der Waals surface area contributed by atoms with E-state index in [1.165, 1.54) is 24.1 Å². The van der Waals surface area contributed by atoms with Crippen LogP contribution in [0.15, 0.2) is 41.1 Å². The number of fused-ring (bicyclic) bond motifs is 1. The monoisotopic (exact) mass is 325 g/mol. The number of benzene rings is 1. The summed E-state index contributed by atoms with van der Waals surface area (Å²) in [6.45, 7) is 0. The Bertz CT molecular complexity index is 815. The molecule has 2 aromatic heterocycles. The summed E-state index contributed by atoms with van der Waals surface area (Å²) in [5, 5.41) is 3.50. The Morgan fingerprint density at radius 1 is 1.17 bits per heavy atom. The normalized spacial score (nSPS) is 13.6. The summed E-state index contributed by atoms with van der Waals surface area (Å²) < 4.78 is 5.40. The average Bonchev–Trinajstić information content (AvgIpc) is 3.22. The van der Waals surface area contributed by atoms with Gasteiger partial charge in [-0.05, 0) is 25.7 Å². The van der Waals surface area contributed by atoms with E-state index in [0.717, 1.165) is 24.1 Å². The predicted octanol–water partition coefficient (Wildman–Crippen LogP) is 3.93. The van der Waals surface area contributed by atoms with E-state index in [9.17, 15) is 4.79 Å². The van der Waals surface area contributed by atoms with Crippen molar-refractivity contribution in [3.8, 4) is 11.3 Å². The van der Waals surface area contributed by atoms with Gasteiger partial charge in [-0.15, -0.1) is 11.3 Å². The number of thiazole rings is 1. The summed E-state index contributed by atoms with van der Waals surface area (Å²) >= 11 is 1.56. The summed E-state index contributed by atoms with van der Waals surface area (Å²) in [5.41, 5.74) is 2.23. The zero-order valence-electron chi connectivity index (χ0n) is 12.4. The quantitative estimate of drug-likeness (QED) is 0.792. The highest BCUT2D eigenvalue weighted by Gasteiger charge is 2.21. The van der Waals surface area contributed by atoms with Gasteiger partial charge in [-0.3, -0.25) is 10.1 Å². The average molecular weight is 325 g/mol. The van der Waals surface area contributed by atoms with Crippen molar-refractivity contribution >= 4 is 22.4 Å². The number of amides is 1. The van der Waals surface area contributed by atoms with Gasteiger partial charge in [0.2, 0.25) is 0 Å². The molecule has 0 radical (unpaired) electrons. The van der Waals surface area contributed by atoms with Crippen LogP contribution < -0.4 is 5.32 Å². The van der Waals surface area contributed by atoms with Crippen LogP contribution in [0, 0.1) is 0 Å². The second kappa shape index (κ2) is 5.96. The van der Waals surface area contributed by atoms with Crippen LogP contribution in [0.1, 0.15) is 33.9 Å². The fraction of sp³-hybridized carbons (Fsp3) is 0.235. The van der Waals surface area contributed by atoms with Crippen molar-refractivity contribution in [3.05, 3.63) is 53.0 Å². The van der Waals surface area contributed by atoms with Crippen LogP contribution in [-0.4, -0.2) is 15.9 Å². The highest BCUT2D eigenvalue weighted by atomic mass is 32.1. The third kappa shape index (κ3) is 2.77. The maximum absolute atomic E-state index is 12.5. The van der Waals surface area contributed by atoms with Crippen molar-refractivity contribution in [1.29, 1.82) is 0 Å². The van der Waals surface area contributed by atoms with E-state index >= 15 is 0 Å². The van der Waals surface area contributed by atoms with E-state index in [2.05, 4.69) is 15.3 Å². The Balaban J connectivity index is 1.58. The summed E-state index contributed by atoms with van der Waals surface area (Å²) in [6, 6.07) is 9.49. The molecule has 0 bridgehead atoms. The molecule has 0 aliphatic heterocycles. The number of hydrogen-bond donors (Lipinski definition) is 1. The molecule has 116 valence electrons. The SMILES string of the molecule is O=C(Nc1nc2c(s1)CCCC2)c1ncoc1-c1ccccc1. The Morgan fingerprint density at radius 2 is 2.00 bits per heavy atom. The van der Waals surface area contributed by atoms with Crippen molar-refractivity contribution in [3.63, 3.8) is 0 Å². The second-order valence-corrected chi connectivity index (χ2v) is 6.53. The van der Waals surface area contributed by atoms with Gasteiger partial charge in [0.05, 0.1) is 5.69 Å². The van der Waals surface area contributed by atoms with Crippen LogP contribution in [-0.2, 0) is 12.8 Å². The minimum absolute atomic E-state index is 0.282. The summed E-state index contributed by atoms with van der Waals surface area (Å²) in [7, 11) is 0. The summed E-state index contributed by atoms with van der Waals surface area (Å²) in [5.74, 6) is 0.188. The Kier molecular flexibility index (Phi) is 3.67. The lowest BCUT2D eigenvalue weighted by Gasteiger charge is -2.06. The van der Waals surface area contributed by atoms with Gasteiger partial charge < -0.3 is 4.42 Å². The van der Waals surface area contributed by atoms with Gasteiger partial charge in [0.25, 0.3) is 5.91 Å². The molecule has 0 spiro atoms. The number of hydrogen-bond acceptors (Lipinski definition) is 5. The molecule has 1 aliphatic rings. The fourth-order valence-corrected chi connectivity index (χ4v) is 3.81. The van der Waals surface area contributed by atoms with Crippen LogP contribution in [0.5, 0.6) is 0 Å². The number of oxazole rings is 1. The molecular weight excluding hydrogens is 310 g/mol. The highest BCUT2D eigenvalue weighted by Crippen LogP contribution is 2.30. The van der Waals surface area contributed by atoms with Gasteiger partial charge in [0, 0.05) is 10.4 Å². The van der Waals surface area contributed by atoms with Crippen LogP contribution in [0.4, 0.5) is 5.13 Å². The molecule has 0 atom stereocenters. The molecule has 3 aromatic rings. The topological polar surface area (TPSA) is 68.0 Å². The van der Waals surface area contributed by atoms with Crippen molar-refractivity contribution in [2.24, 2.45) is 0 Å². The maximum Gasteiger partial charge on any atom is 0.280 e. The minimum Gasteiger partial charge on any atom is -0.443 e. The molecule has 0 fully saturated rings. The van der Waals surface area contributed by atoms with E-state index in [4.69, 9.17) is 4.42 Å².